The minimum atomic E-state index is -0.194. The lowest BCUT2D eigenvalue weighted by atomic mass is 9.69. The van der Waals surface area contributed by atoms with E-state index < -0.39 is 0 Å². The van der Waals surface area contributed by atoms with Gasteiger partial charge in [0.05, 0.1) is 5.92 Å². The summed E-state index contributed by atoms with van der Waals surface area (Å²) in [5.41, 5.74) is 5.86. The Hall–Kier alpha value is -1.02. The molecule has 3 atom stereocenters. The quantitative estimate of drug-likeness (QED) is 0.243. The maximum Gasteiger partial charge on any atom is 0.233 e. The van der Waals surface area contributed by atoms with Gasteiger partial charge in [0, 0.05) is 58.8 Å². The number of carbonyl (C=O) groups excluding carboxylic acids is 2. The van der Waals surface area contributed by atoms with Crippen LogP contribution in [0.3, 0.4) is 0 Å². The summed E-state index contributed by atoms with van der Waals surface area (Å²) < 4.78 is 0. The maximum atomic E-state index is 13.1. The first-order valence-electron chi connectivity index (χ1n) is 12.1. The molecular formula is C24H47N5O2. The van der Waals surface area contributed by atoms with Crippen LogP contribution < -0.4 is 21.7 Å². The molecule has 0 radical (unpaired) electrons. The van der Waals surface area contributed by atoms with Gasteiger partial charge in [-0.2, -0.15) is 0 Å². The summed E-state index contributed by atoms with van der Waals surface area (Å²) in [6.07, 6.45) is 2.59. The number of hydrogen-bond donors (Lipinski definition) is 4. The number of likely N-dealkylation sites (tertiary alicyclic amines) is 1. The third-order valence-corrected chi connectivity index (χ3v) is 7.23. The molecule has 7 nitrogen and oxygen atoms in total. The van der Waals surface area contributed by atoms with Crippen molar-refractivity contribution in [3.05, 3.63) is 0 Å². The number of nitrogens with one attached hydrogen (secondary N) is 3. The number of imide groups is 1. The zero-order valence-corrected chi connectivity index (χ0v) is 20.8. The largest absolute Gasteiger partial charge is 0.329 e. The van der Waals surface area contributed by atoms with E-state index in [1.165, 1.54) is 11.3 Å². The van der Waals surface area contributed by atoms with Crippen LogP contribution in [-0.2, 0) is 9.59 Å². The molecule has 1 aliphatic carbocycles. The van der Waals surface area contributed by atoms with Crippen molar-refractivity contribution >= 4 is 11.8 Å². The Morgan fingerprint density at radius 3 is 2.03 bits per heavy atom. The molecule has 1 aliphatic heterocycles. The smallest absolute Gasteiger partial charge is 0.233 e. The summed E-state index contributed by atoms with van der Waals surface area (Å²) in [5.74, 6) is 0.511. The van der Waals surface area contributed by atoms with Crippen LogP contribution >= 0.6 is 0 Å². The monoisotopic (exact) mass is 437 g/mol. The Kier molecular flexibility index (Phi) is 9.08. The summed E-state index contributed by atoms with van der Waals surface area (Å²) in [5, 5.41) is 9.91. The second kappa shape index (κ2) is 10.7. The Bertz CT molecular complexity index is 616. The molecule has 1 saturated heterocycles. The number of nitrogens with two attached hydrogens (primary N) is 1. The zero-order chi connectivity index (χ0) is 23.3. The van der Waals surface area contributed by atoms with E-state index in [1.807, 2.05) is 0 Å². The molecule has 3 unspecified atom stereocenters. The standard InChI is InChI=1S/C24H47N5O2/c1-22(2,3)19-16-24(19,6)17-23(4,5)18-15-20(30)29(21(18)31)14-13-28-12-11-27-10-9-26-8-7-25/h18-19,26-28H,7-17,25H2,1-6H3. The fraction of sp³-hybridized carbons (Fsp3) is 0.917. The highest BCUT2D eigenvalue weighted by Gasteiger charge is 2.59. The van der Waals surface area contributed by atoms with Gasteiger partial charge in [0.15, 0.2) is 0 Å². The van der Waals surface area contributed by atoms with E-state index >= 15 is 0 Å². The maximum absolute atomic E-state index is 13.1. The molecule has 2 rings (SSSR count). The molecule has 1 saturated carbocycles. The molecule has 7 heteroatoms. The molecule has 1 heterocycles. The molecule has 5 N–H and O–H groups in total. The lowest BCUT2D eigenvalue weighted by Gasteiger charge is -2.34. The Labute approximate surface area is 189 Å². The SMILES string of the molecule is CC(C)(C)C1CC1(C)CC(C)(C)C1CC(=O)N(CCNCCNCCNCCN)C1=O. The van der Waals surface area contributed by atoms with Crippen LogP contribution in [-0.4, -0.2) is 69.1 Å². The van der Waals surface area contributed by atoms with Crippen molar-refractivity contribution in [1.82, 2.24) is 20.9 Å². The topological polar surface area (TPSA) is 99.5 Å². The van der Waals surface area contributed by atoms with E-state index in [9.17, 15) is 9.59 Å². The van der Waals surface area contributed by atoms with Crippen molar-refractivity contribution in [2.45, 2.75) is 60.8 Å². The molecule has 2 aliphatic rings. The fourth-order valence-corrected chi connectivity index (χ4v) is 5.67. The molecule has 2 amide bonds. The van der Waals surface area contributed by atoms with E-state index in [0.29, 0.717) is 37.4 Å². The van der Waals surface area contributed by atoms with Gasteiger partial charge in [-0.1, -0.05) is 41.5 Å². The van der Waals surface area contributed by atoms with Crippen molar-refractivity contribution < 1.29 is 9.59 Å². The summed E-state index contributed by atoms with van der Waals surface area (Å²) in [4.78, 5) is 27.2. The van der Waals surface area contributed by atoms with E-state index in [2.05, 4.69) is 57.5 Å². The van der Waals surface area contributed by atoms with Crippen LogP contribution in [0.5, 0.6) is 0 Å². The predicted octanol–water partition coefficient (Wildman–Crippen LogP) is 1.58. The fourth-order valence-electron chi connectivity index (χ4n) is 5.67. The minimum Gasteiger partial charge on any atom is -0.329 e. The third kappa shape index (κ3) is 7.24. The van der Waals surface area contributed by atoms with Gasteiger partial charge in [0.2, 0.25) is 11.8 Å². The second-order valence-electron chi connectivity index (χ2n) is 11.6. The highest BCUT2D eigenvalue weighted by atomic mass is 16.2. The summed E-state index contributed by atoms with van der Waals surface area (Å²) in [6.45, 7) is 19.7. The van der Waals surface area contributed by atoms with E-state index in [-0.39, 0.29) is 28.6 Å². The van der Waals surface area contributed by atoms with Gasteiger partial charge in [0.25, 0.3) is 0 Å². The summed E-state index contributed by atoms with van der Waals surface area (Å²) in [7, 11) is 0. The number of carbonyl (C=O) groups is 2. The van der Waals surface area contributed by atoms with Crippen LogP contribution in [0.4, 0.5) is 0 Å². The van der Waals surface area contributed by atoms with Gasteiger partial charge in [-0.3, -0.25) is 14.5 Å². The van der Waals surface area contributed by atoms with Crippen molar-refractivity contribution in [3.63, 3.8) is 0 Å². The molecule has 0 aromatic carbocycles. The average molecular weight is 438 g/mol. The minimum absolute atomic E-state index is 0.0118. The molecule has 31 heavy (non-hydrogen) atoms. The highest BCUT2D eigenvalue weighted by Crippen LogP contribution is 2.65. The lowest BCUT2D eigenvalue weighted by Crippen LogP contribution is -2.41. The predicted molar refractivity (Wildman–Crippen MR) is 127 cm³/mol. The normalized spacial score (nSPS) is 26.7. The number of nitrogens with zero attached hydrogens (tertiary/aromatic N) is 1. The van der Waals surface area contributed by atoms with E-state index in [1.54, 1.807) is 0 Å². The Morgan fingerprint density at radius 1 is 0.968 bits per heavy atom. The summed E-state index contributed by atoms with van der Waals surface area (Å²) in [6, 6.07) is 0. The van der Waals surface area contributed by atoms with Crippen molar-refractivity contribution in [3.8, 4) is 0 Å². The first-order valence-corrected chi connectivity index (χ1v) is 12.1. The lowest BCUT2D eigenvalue weighted by molar-refractivity contribution is -0.140. The van der Waals surface area contributed by atoms with Crippen LogP contribution in [0.2, 0.25) is 0 Å². The molecule has 0 spiro atoms. The zero-order valence-electron chi connectivity index (χ0n) is 20.8. The molecule has 0 aromatic rings. The van der Waals surface area contributed by atoms with Gasteiger partial charge < -0.3 is 21.7 Å². The van der Waals surface area contributed by atoms with Crippen LogP contribution in [0.15, 0.2) is 0 Å². The van der Waals surface area contributed by atoms with Gasteiger partial charge in [-0.05, 0) is 35.0 Å². The molecule has 2 fully saturated rings. The highest BCUT2D eigenvalue weighted by molar-refractivity contribution is 6.03. The third-order valence-electron chi connectivity index (χ3n) is 7.23. The number of rotatable bonds is 14. The molecular weight excluding hydrogens is 390 g/mol. The first-order chi connectivity index (χ1) is 14.4. The molecule has 0 bridgehead atoms. The van der Waals surface area contributed by atoms with Crippen LogP contribution in [0.25, 0.3) is 0 Å². The molecule has 0 aromatic heterocycles. The average Bonchev–Trinajstić information content (AvgIpc) is 3.25. The molecule has 180 valence electrons. The summed E-state index contributed by atoms with van der Waals surface area (Å²) >= 11 is 0. The second-order valence-corrected chi connectivity index (χ2v) is 11.6. The van der Waals surface area contributed by atoms with Crippen molar-refractivity contribution in [2.24, 2.45) is 33.8 Å². The van der Waals surface area contributed by atoms with E-state index in [4.69, 9.17) is 5.73 Å². The Balaban J connectivity index is 1.72. The van der Waals surface area contributed by atoms with Crippen molar-refractivity contribution in [2.75, 3.05) is 52.4 Å². The van der Waals surface area contributed by atoms with Crippen molar-refractivity contribution in [1.29, 1.82) is 0 Å². The van der Waals surface area contributed by atoms with Crippen LogP contribution in [0, 0.1) is 28.1 Å². The van der Waals surface area contributed by atoms with Crippen LogP contribution in [0.1, 0.15) is 60.8 Å². The van der Waals surface area contributed by atoms with Gasteiger partial charge >= 0.3 is 0 Å². The van der Waals surface area contributed by atoms with Gasteiger partial charge in [0.1, 0.15) is 0 Å². The van der Waals surface area contributed by atoms with Gasteiger partial charge in [-0.15, -0.1) is 0 Å². The number of hydrogen-bond acceptors (Lipinski definition) is 6. The first kappa shape index (κ1) is 26.2. The van der Waals surface area contributed by atoms with E-state index in [0.717, 1.165) is 39.1 Å². The van der Waals surface area contributed by atoms with Gasteiger partial charge in [-0.25, -0.2) is 0 Å². The number of amides is 2. The Morgan fingerprint density at radius 2 is 1.52 bits per heavy atom.